The average molecular weight is 287 g/mol. The molecule has 0 saturated heterocycles. The van der Waals surface area contributed by atoms with Crippen LogP contribution >= 0.6 is 15.9 Å². The average Bonchev–Trinajstić information content (AvgIpc) is 2.21. The third-order valence-corrected chi connectivity index (χ3v) is 3.44. The Morgan fingerprint density at radius 2 is 2.06 bits per heavy atom. The van der Waals surface area contributed by atoms with Crippen LogP contribution in [0.4, 0.5) is 0 Å². The molecule has 0 bridgehead atoms. The summed E-state index contributed by atoms with van der Waals surface area (Å²) in [6.45, 7) is 5.47. The number of aryl methyl sites for hydroxylation is 1. The molecule has 88 valence electrons. The fourth-order valence-corrected chi connectivity index (χ4v) is 2.15. The Kier molecular flexibility index (Phi) is 3.97. The van der Waals surface area contributed by atoms with Gasteiger partial charge >= 0.3 is 5.97 Å². The molecule has 0 radical (unpaired) electrons. The fraction of sp³-hybridized carbons (Fsp3) is 0.417. The van der Waals surface area contributed by atoms with Crippen LogP contribution in [0.25, 0.3) is 0 Å². The van der Waals surface area contributed by atoms with Crippen LogP contribution in [-0.2, 0) is 11.2 Å². The molecule has 0 aromatic heterocycles. The van der Waals surface area contributed by atoms with Gasteiger partial charge in [0.05, 0.1) is 10.4 Å². The third-order valence-electron chi connectivity index (χ3n) is 2.83. The van der Waals surface area contributed by atoms with Gasteiger partial charge in [-0.2, -0.15) is 0 Å². The number of aliphatic carboxylic acids is 1. The summed E-state index contributed by atoms with van der Waals surface area (Å²) in [5.41, 5.74) is 2.70. The normalized spacial score (nSPS) is 12.5. The van der Waals surface area contributed by atoms with Gasteiger partial charge < -0.3 is 10.2 Å². The molecule has 1 rings (SSSR count). The van der Waals surface area contributed by atoms with E-state index in [0.29, 0.717) is 16.5 Å². The van der Waals surface area contributed by atoms with E-state index in [1.165, 1.54) is 0 Å². The van der Waals surface area contributed by atoms with Crippen molar-refractivity contribution in [1.82, 2.24) is 0 Å². The summed E-state index contributed by atoms with van der Waals surface area (Å²) in [4.78, 5) is 10.8. The first kappa shape index (κ1) is 13.0. The van der Waals surface area contributed by atoms with Crippen molar-refractivity contribution in [1.29, 1.82) is 0 Å². The molecular weight excluding hydrogens is 272 g/mol. The first-order chi connectivity index (χ1) is 7.34. The first-order valence-corrected chi connectivity index (χ1v) is 5.84. The summed E-state index contributed by atoms with van der Waals surface area (Å²) < 4.78 is 0.614. The van der Waals surface area contributed by atoms with E-state index in [1.807, 2.05) is 19.9 Å². The zero-order valence-corrected chi connectivity index (χ0v) is 11.1. The van der Waals surface area contributed by atoms with Crippen molar-refractivity contribution in [3.8, 4) is 5.75 Å². The second kappa shape index (κ2) is 4.87. The number of carboxylic acids is 1. The molecule has 16 heavy (non-hydrogen) atoms. The summed E-state index contributed by atoms with van der Waals surface area (Å²) in [7, 11) is 0. The molecule has 0 saturated carbocycles. The molecule has 3 nitrogen and oxygen atoms in total. The number of rotatable bonds is 3. The van der Waals surface area contributed by atoms with Crippen LogP contribution < -0.4 is 0 Å². The minimum Gasteiger partial charge on any atom is -0.506 e. The zero-order chi connectivity index (χ0) is 12.5. The van der Waals surface area contributed by atoms with Gasteiger partial charge in [0, 0.05) is 0 Å². The maximum Gasteiger partial charge on any atom is 0.306 e. The van der Waals surface area contributed by atoms with E-state index in [1.54, 1.807) is 6.92 Å². The van der Waals surface area contributed by atoms with Crippen LogP contribution in [-0.4, -0.2) is 16.2 Å². The molecular formula is C12H15BrO3. The van der Waals surface area contributed by atoms with Crippen molar-refractivity contribution in [2.75, 3.05) is 0 Å². The number of carbonyl (C=O) groups is 1. The quantitative estimate of drug-likeness (QED) is 0.898. The SMILES string of the molecule is Cc1cc(Br)c(O)c(CC(C)C(=O)O)c1C. The van der Waals surface area contributed by atoms with Gasteiger partial charge in [-0.3, -0.25) is 4.79 Å². The Morgan fingerprint density at radius 1 is 1.50 bits per heavy atom. The lowest BCUT2D eigenvalue weighted by atomic mass is 9.94. The molecule has 1 aromatic carbocycles. The highest BCUT2D eigenvalue weighted by molar-refractivity contribution is 9.10. The number of phenols is 1. The summed E-state index contributed by atoms with van der Waals surface area (Å²) >= 11 is 3.26. The lowest BCUT2D eigenvalue weighted by Crippen LogP contribution is -2.13. The van der Waals surface area contributed by atoms with Crippen LogP contribution in [0, 0.1) is 19.8 Å². The van der Waals surface area contributed by atoms with E-state index in [2.05, 4.69) is 15.9 Å². The number of halogens is 1. The second-order valence-corrected chi connectivity index (χ2v) is 4.93. The Bertz CT molecular complexity index is 401. The van der Waals surface area contributed by atoms with Crippen molar-refractivity contribution < 1.29 is 15.0 Å². The minimum absolute atomic E-state index is 0.149. The van der Waals surface area contributed by atoms with Crippen molar-refractivity contribution in [3.05, 3.63) is 27.2 Å². The molecule has 0 fully saturated rings. The first-order valence-electron chi connectivity index (χ1n) is 5.05. The lowest BCUT2D eigenvalue weighted by Gasteiger charge is -2.14. The van der Waals surface area contributed by atoms with E-state index in [4.69, 9.17) is 5.11 Å². The molecule has 2 N–H and O–H groups in total. The molecule has 1 atom stereocenters. The highest BCUT2D eigenvalue weighted by Crippen LogP contribution is 2.34. The third kappa shape index (κ3) is 2.55. The molecule has 1 unspecified atom stereocenters. The predicted octanol–water partition coefficient (Wildman–Crippen LogP) is 3.03. The highest BCUT2D eigenvalue weighted by Gasteiger charge is 2.18. The number of carboxylic acid groups (broad SMARTS) is 1. The molecule has 0 amide bonds. The number of aromatic hydroxyl groups is 1. The Labute approximate surface area is 103 Å². The van der Waals surface area contributed by atoms with E-state index < -0.39 is 11.9 Å². The predicted molar refractivity (Wildman–Crippen MR) is 65.8 cm³/mol. The van der Waals surface area contributed by atoms with Crippen molar-refractivity contribution in [2.45, 2.75) is 27.2 Å². The number of phenolic OH excluding ortho intramolecular Hbond substituents is 1. The van der Waals surface area contributed by atoms with Crippen LogP contribution in [0.3, 0.4) is 0 Å². The van der Waals surface area contributed by atoms with Gasteiger partial charge in [0.25, 0.3) is 0 Å². The summed E-state index contributed by atoms with van der Waals surface area (Å²) in [5, 5.41) is 18.8. The van der Waals surface area contributed by atoms with Crippen LogP contribution in [0.15, 0.2) is 10.5 Å². The van der Waals surface area contributed by atoms with Gasteiger partial charge in [0.15, 0.2) is 0 Å². The van der Waals surface area contributed by atoms with E-state index in [0.717, 1.165) is 11.1 Å². The van der Waals surface area contributed by atoms with E-state index in [9.17, 15) is 9.90 Å². The van der Waals surface area contributed by atoms with E-state index in [-0.39, 0.29) is 5.75 Å². The van der Waals surface area contributed by atoms with Gasteiger partial charge in [0.2, 0.25) is 0 Å². The molecule has 0 heterocycles. The second-order valence-electron chi connectivity index (χ2n) is 4.07. The Hall–Kier alpha value is -1.03. The Morgan fingerprint density at radius 3 is 2.56 bits per heavy atom. The maximum atomic E-state index is 10.8. The summed E-state index contributed by atoms with van der Waals surface area (Å²) in [5.74, 6) is -1.20. The number of benzene rings is 1. The largest absolute Gasteiger partial charge is 0.506 e. The van der Waals surface area contributed by atoms with Gasteiger partial charge in [-0.25, -0.2) is 0 Å². The summed E-state index contributed by atoms with van der Waals surface area (Å²) in [6.07, 6.45) is 0.341. The fourth-order valence-electron chi connectivity index (χ4n) is 1.57. The lowest BCUT2D eigenvalue weighted by molar-refractivity contribution is -0.141. The molecule has 0 aliphatic carbocycles. The molecule has 0 aliphatic rings. The number of hydrogen-bond acceptors (Lipinski definition) is 2. The van der Waals surface area contributed by atoms with Gasteiger partial charge in [0.1, 0.15) is 5.75 Å². The topological polar surface area (TPSA) is 57.5 Å². The number of hydrogen-bond donors (Lipinski definition) is 2. The summed E-state index contributed by atoms with van der Waals surface area (Å²) in [6, 6.07) is 1.83. The minimum atomic E-state index is -0.851. The zero-order valence-electron chi connectivity index (χ0n) is 9.54. The van der Waals surface area contributed by atoms with Crippen molar-refractivity contribution in [2.24, 2.45) is 5.92 Å². The molecule has 1 aromatic rings. The van der Waals surface area contributed by atoms with Gasteiger partial charge in [-0.15, -0.1) is 0 Å². The standard InChI is InChI=1S/C12H15BrO3/c1-6-5-10(13)11(14)9(8(6)3)4-7(2)12(15)16/h5,7,14H,4H2,1-3H3,(H,15,16). The van der Waals surface area contributed by atoms with Crippen LogP contribution in [0.5, 0.6) is 5.75 Å². The maximum absolute atomic E-state index is 10.8. The van der Waals surface area contributed by atoms with Crippen LogP contribution in [0.1, 0.15) is 23.6 Å². The van der Waals surface area contributed by atoms with Crippen molar-refractivity contribution >= 4 is 21.9 Å². The molecule has 0 spiro atoms. The highest BCUT2D eigenvalue weighted by atomic mass is 79.9. The molecule has 0 aliphatic heterocycles. The monoisotopic (exact) mass is 286 g/mol. The Balaban J connectivity index is 3.17. The smallest absolute Gasteiger partial charge is 0.306 e. The van der Waals surface area contributed by atoms with Crippen LogP contribution in [0.2, 0.25) is 0 Å². The molecule has 4 heteroatoms. The van der Waals surface area contributed by atoms with E-state index >= 15 is 0 Å². The van der Waals surface area contributed by atoms with Crippen molar-refractivity contribution in [3.63, 3.8) is 0 Å². The van der Waals surface area contributed by atoms with Gasteiger partial charge in [-0.1, -0.05) is 6.92 Å². The van der Waals surface area contributed by atoms with Gasteiger partial charge in [-0.05, 0) is 59.0 Å².